The van der Waals surface area contributed by atoms with Crippen LogP contribution in [0.5, 0.6) is 0 Å². The summed E-state index contributed by atoms with van der Waals surface area (Å²) in [7, 11) is 0. The van der Waals surface area contributed by atoms with Gasteiger partial charge in [-0.25, -0.2) is 0 Å². The zero-order chi connectivity index (χ0) is 21.0. The number of Topliss-reactive ketones (excluding diaryl/α,β-unsaturated/α-hetero) is 1. The molecule has 1 heterocycles. The van der Waals surface area contributed by atoms with Gasteiger partial charge in [-0.3, -0.25) is 9.59 Å². The number of ketones is 1. The molecule has 2 saturated carbocycles. The standard InChI is InChI=1S/C20H20I4O5/c21-11-5-9-13(7-3-1-2-4-8(7)20(27)28)10-6-12(22)17(26)15(24)19(10)29-18(9)14(23)16(11)25/h5,7-8,10,12,15,17,19,26H,1-4,6H2,(H,27,28). The molecule has 2 N–H and O–H groups in total. The molecule has 0 bridgehead atoms. The number of halogens is 4. The number of aliphatic carboxylic acids is 1. The molecule has 9 heteroatoms. The Morgan fingerprint density at radius 2 is 1.83 bits per heavy atom. The number of rotatable bonds is 2. The molecule has 3 aliphatic carbocycles. The number of ether oxygens (including phenoxy) is 1. The van der Waals surface area contributed by atoms with E-state index < -0.39 is 18.0 Å². The molecular weight excluding hydrogens is 828 g/mol. The second kappa shape index (κ2) is 9.12. The van der Waals surface area contributed by atoms with Crippen LogP contribution in [0.1, 0.15) is 32.1 Å². The van der Waals surface area contributed by atoms with Gasteiger partial charge in [0.15, 0.2) is 0 Å². The summed E-state index contributed by atoms with van der Waals surface area (Å²) in [6.07, 6.45) is 5.42. The van der Waals surface area contributed by atoms with E-state index in [2.05, 4.69) is 90.4 Å². The summed E-state index contributed by atoms with van der Waals surface area (Å²) in [5.74, 6) is -0.590. The SMILES string of the molecule is O=C1C(I)=CC2=C(C3CCCCC3C(=O)O)C3CC(I)C(O)C(I)C3OC2=C1I. The number of allylic oxidation sites excluding steroid dienone is 3. The van der Waals surface area contributed by atoms with E-state index in [1.54, 1.807) is 0 Å². The maximum Gasteiger partial charge on any atom is 0.307 e. The maximum atomic E-state index is 12.6. The molecule has 1 aliphatic heterocycles. The van der Waals surface area contributed by atoms with E-state index in [1.807, 2.05) is 6.08 Å². The lowest BCUT2D eigenvalue weighted by atomic mass is 9.65. The Balaban J connectivity index is 1.91. The first-order valence-electron chi connectivity index (χ1n) is 9.64. The first-order chi connectivity index (χ1) is 13.7. The van der Waals surface area contributed by atoms with Crippen LogP contribution in [0.2, 0.25) is 0 Å². The van der Waals surface area contributed by atoms with Crippen LogP contribution in [-0.4, -0.2) is 42.0 Å². The Kier molecular flexibility index (Phi) is 7.30. The molecule has 4 aliphatic rings. The first-order valence-corrected chi connectivity index (χ1v) is 14.3. The average Bonchev–Trinajstić information content (AvgIpc) is 2.69. The van der Waals surface area contributed by atoms with E-state index in [9.17, 15) is 19.8 Å². The number of carboxylic acid groups (broad SMARTS) is 1. The zero-order valence-corrected chi connectivity index (χ0v) is 23.9. The minimum atomic E-state index is -0.732. The van der Waals surface area contributed by atoms with Crippen molar-refractivity contribution in [1.82, 2.24) is 0 Å². The molecule has 2 fully saturated rings. The van der Waals surface area contributed by atoms with E-state index in [1.165, 1.54) is 0 Å². The van der Waals surface area contributed by atoms with Crippen molar-refractivity contribution in [3.05, 3.63) is 30.1 Å². The highest BCUT2D eigenvalue weighted by molar-refractivity contribution is 14.1. The summed E-state index contributed by atoms with van der Waals surface area (Å²) in [6, 6.07) is 0. The normalized spacial score (nSPS) is 40.1. The maximum absolute atomic E-state index is 12.6. The van der Waals surface area contributed by atoms with Gasteiger partial charge in [0, 0.05) is 15.4 Å². The second-order valence-electron chi connectivity index (χ2n) is 8.04. The van der Waals surface area contributed by atoms with Gasteiger partial charge < -0.3 is 14.9 Å². The molecular formula is C20H20I4O5. The lowest BCUT2D eigenvalue weighted by Gasteiger charge is -2.49. The van der Waals surface area contributed by atoms with Crippen LogP contribution in [0.15, 0.2) is 30.1 Å². The number of aliphatic hydroxyl groups is 1. The number of fused-ring (bicyclic) bond motifs is 2. The lowest BCUT2D eigenvalue weighted by molar-refractivity contribution is -0.144. The Bertz CT molecular complexity index is 848. The number of aliphatic hydroxyl groups excluding tert-OH is 1. The van der Waals surface area contributed by atoms with Crippen LogP contribution in [0.3, 0.4) is 0 Å². The molecule has 0 saturated heterocycles. The molecule has 5 nitrogen and oxygen atoms in total. The van der Waals surface area contributed by atoms with Gasteiger partial charge in [-0.15, -0.1) is 0 Å². The highest BCUT2D eigenvalue weighted by atomic mass is 127. The summed E-state index contributed by atoms with van der Waals surface area (Å²) in [5.41, 5.74) is 2.07. The van der Waals surface area contributed by atoms with Crippen LogP contribution in [0.4, 0.5) is 0 Å². The molecule has 0 aromatic heterocycles. The fraction of sp³-hybridized carbons (Fsp3) is 0.600. The first kappa shape index (κ1) is 23.2. The van der Waals surface area contributed by atoms with Gasteiger partial charge >= 0.3 is 5.97 Å². The minimum absolute atomic E-state index is 0.0469. The fourth-order valence-corrected chi connectivity index (χ4v) is 9.85. The third kappa shape index (κ3) is 4.09. The number of hydrogen-bond donors (Lipinski definition) is 2. The Morgan fingerprint density at radius 1 is 1.14 bits per heavy atom. The summed E-state index contributed by atoms with van der Waals surface area (Å²) < 4.78 is 7.56. The molecule has 0 aromatic rings. The van der Waals surface area contributed by atoms with Gasteiger partial charge in [-0.1, -0.05) is 58.0 Å². The minimum Gasteiger partial charge on any atom is -0.487 e. The monoisotopic (exact) mass is 848 g/mol. The molecule has 7 atom stereocenters. The summed E-state index contributed by atoms with van der Waals surface area (Å²) in [4.78, 5) is 24.7. The summed E-state index contributed by atoms with van der Waals surface area (Å²) >= 11 is 8.70. The summed E-state index contributed by atoms with van der Waals surface area (Å²) in [5, 5.41) is 20.6. The van der Waals surface area contributed by atoms with E-state index in [-0.39, 0.29) is 31.6 Å². The number of alkyl halides is 2. The number of hydrogen-bond acceptors (Lipinski definition) is 4. The third-order valence-corrected chi connectivity index (χ3v) is 10.9. The Morgan fingerprint density at radius 3 is 2.52 bits per heavy atom. The van der Waals surface area contributed by atoms with Crippen LogP contribution < -0.4 is 0 Å². The topological polar surface area (TPSA) is 83.8 Å². The molecule has 158 valence electrons. The molecule has 0 aromatic carbocycles. The predicted octanol–water partition coefficient (Wildman–Crippen LogP) is 5.11. The van der Waals surface area contributed by atoms with Crippen molar-refractivity contribution in [2.45, 2.75) is 52.2 Å². The lowest BCUT2D eigenvalue weighted by Crippen LogP contribution is -2.53. The van der Waals surface area contributed by atoms with Crippen LogP contribution >= 0.6 is 90.4 Å². The Labute approximate surface area is 224 Å². The van der Waals surface area contributed by atoms with E-state index in [0.29, 0.717) is 19.3 Å². The average molecular weight is 848 g/mol. The van der Waals surface area contributed by atoms with Crippen molar-refractivity contribution in [3.63, 3.8) is 0 Å². The van der Waals surface area contributed by atoms with Crippen LogP contribution in [0.25, 0.3) is 0 Å². The van der Waals surface area contributed by atoms with Gasteiger partial charge in [0.25, 0.3) is 0 Å². The number of carboxylic acids is 1. The largest absolute Gasteiger partial charge is 0.487 e. The highest BCUT2D eigenvalue weighted by Crippen LogP contribution is 2.53. The number of carbonyl (C=O) groups is 2. The molecule has 7 unspecified atom stereocenters. The van der Waals surface area contributed by atoms with Crippen molar-refractivity contribution in [1.29, 1.82) is 0 Å². The van der Waals surface area contributed by atoms with Crippen molar-refractivity contribution >= 4 is 102 Å². The third-order valence-electron chi connectivity index (χ3n) is 6.46. The van der Waals surface area contributed by atoms with E-state index in [4.69, 9.17) is 4.74 Å². The van der Waals surface area contributed by atoms with Crippen molar-refractivity contribution < 1.29 is 24.5 Å². The predicted molar refractivity (Wildman–Crippen MR) is 143 cm³/mol. The van der Waals surface area contributed by atoms with Gasteiger partial charge in [0.1, 0.15) is 15.4 Å². The molecule has 4 rings (SSSR count). The van der Waals surface area contributed by atoms with Crippen molar-refractivity contribution in [3.8, 4) is 0 Å². The number of carbonyl (C=O) groups excluding carboxylic acids is 1. The second-order valence-corrected chi connectivity index (χ2v) is 13.3. The fourth-order valence-electron chi connectivity index (χ4n) is 5.11. The van der Waals surface area contributed by atoms with Crippen LogP contribution in [-0.2, 0) is 14.3 Å². The highest BCUT2D eigenvalue weighted by Gasteiger charge is 2.52. The van der Waals surface area contributed by atoms with Crippen molar-refractivity contribution in [2.75, 3.05) is 0 Å². The smallest absolute Gasteiger partial charge is 0.307 e. The quantitative estimate of drug-likeness (QED) is 0.299. The van der Waals surface area contributed by atoms with E-state index in [0.717, 1.165) is 36.8 Å². The van der Waals surface area contributed by atoms with Gasteiger partial charge in [0.2, 0.25) is 5.78 Å². The Hall–Kier alpha value is 1.04. The molecule has 0 spiro atoms. The van der Waals surface area contributed by atoms with Gasteiger partial charge in [-0.2, -0.15) is 0 Å². The van der Waals surface area contributed by atoms with Gasteiger partial charge in [0.05, 0.1) is 19.5 Å². The van der Waals surface area contributed by atoms with E-state index >= 15 is 0 Å². The van der Waals surface area contributed by atoms with Crippen LogP contribution in [0, 0.1) is 17.8 Å². The zero-order valence-electron chi connectivity index (χ0n) is 15.3. The molecule has 29 heavy (non-hydrogen) atoms. The summed E-state index contributed by atoms with van der Waals surface area (Å²) in [6.45, 7) is 0. The van der Waals surface area contributed by atoms with Gasteiger partial charge in [-0.05, 0) is 82.0 Å². The van der Waals surface area contributed by atoms with Crippen molar-refractivity contribution in [2.24, 2.45) is 17.8 Å². The molecule has 0 radical (unpaired) electrons. The molecule has 0 amide bonds.